The van der Waals surface area contributed by atoms with Gasteiger partial charge in [0.25, 0.3) is 0 Å². The molecule has 9 heteroatoms. The van der Waals surface area contributed by atoms with E-state index in [1.165, 1.54) is 28.3 Å². The van der Waals surface area contributed by atoms with Gasteiger partial charge in [-0.3, -0.25) is 4.79 Å². The van der Waals surface area contributed by atoms with Gasteiger partial charge in [0.15, 0.2) is 0 Å². The average Bonchev–Trinajstić information content (AvgIpc) is 2.76. The van der Waals surface area contributed by atoms with Crippen molar-refractivity contribution in [2.45, 2.75) is 44.0 Å². The Balaban J connectivity index is 2.11. The zero-order valence-corrected chi connectivity index (χ0v) is 20.0. The largest absolute Gasteiger partial charge is 0.311 e. The molecule has 0 aliphatic carbocycles. The maximum atomic E-state index is 12.9. The second-order valence-corrected chi connectivity index (χ2v) is 9.87. The fraction of sp³-hybridized carbons (Fsp3) is 0.409. The normalized spacial score (nSPS) is 11.4. The molecule has 0 N–H and O–H groups in total. The minimum atomic E-state index is -3.56. The van der Waals surface area contributed by atoms with E-state index in [1.807, 2.05) is 32.0 Å². The molecule has 0 fully saturated rings. The predicted octanol–water partition coefficient (Wildman–Crippen LogP) is 3.77. The van der Waals surface area contributed by atoms with Crippen LogP contribution in [0.1, 0.15) is 31.4 Å². The van der Waals surface area contributed by atoms with Crippen LogP contribution >= 0.6 is 11.8 Å². The maximum Gasteiger partial charge on any atom is 0.244 e. The minimum absolute atomic E-state index is 0.132. The number of aromatic nitrogens is 1. The lowest BCUT2D eigenvalue weighted by Gasteiger charge is -2.22. The van der Waals surface area contributed by atoms with Crippen molar-refractivity contribution in [1.29, 1.82) is 5.26 Å². The summed E-state index contributed by atoms with van der Waals surface area (Å²) in [7, 11) is -3.56. The predicted molar refractivity (Wildman–Crippen MR) is 124 cm³/mol. The molecule has 0 unspecified atom stereocenters. The summed E-state index contributed by atoms with van der Waals surface area (Å²) in [6, 6.07) is 11.0. The van der Waals surface area contributed by atoms with Gasteiger partial charge in [0.1, 0.15) is 4.90 Å². The van der Waals surface area contributed by atoms with Crippen LogP contribution < -0.4 is 4.90 Å². The molecule has 0 spiro atoms. The van der Waals surface area contributed by atoms with E-state index in [9.17, 15) is 13.2 Å². The van der Waals surface area contributed by atoms with Crippen LogP contribution in [0.25, 0.3) is 0 Å². The van der Waals surface area contributed by atoms with E-state index < -0.39 is 10.0 Å². The van der Waals surface area contributed by atoms with Crippen molar-refractivity contribution in [3.05, 3.63) is 47.7 Å². The number of amides is 1. The molecular formula is C22H28N4O3S2. The molecule has 7 nitrogen and oxygen atoms in total. The SMILES string of the molecule is CCN(CC)S(=O)(=O)c1ccc(SCC(=O)N(CCC#N)c2ccc(C)c(C)c2)nc1. The second kappa shape index (κ2) is 11.3. The van der Waals surface area contributed by atoms with Crippen molar-refractivity contribution in [2.24, 2.45) is 0 Å². The molecule has 0 aliphatic heterocycles. The summed E-state index contributed by atoms with van der Waals surface area (Å²) >= 11 is 1.24. The first-order valence-electron chi connectivity index (χ1n) is 10.1. The van der Waals surface area contributed by atoms with Crippen molar-refractivity contribution in [1.82, 2.24) is 9.29 Å². The first-order valence-corrected chi connectivity index (χ1v) is 12.5. The standard InChI is InChI=1S/C22H28N4O3S2/c1-5-25(6-2)31(28,29)20-10-11-21(24-15-20)30-16-22(27)26(13-7-12-23)19-9-8-17(3)18(4)14-19/h8-11,14-15H,5-7,13,16H2,1-4H3. The van der Waals surface area contributed by atoms with Crippen LogP contribution in [0.4, 0.5) is 5.69 Å². The Morgan fingerprint density at radius 1 is 1.13 bits per heavy atom. The molecule has 1 heterocycles. The lowest BCUT2D eigenvalue weighted by Crippen LogP contribution is -2.33. The Bertz CT molecular complexity index is 1040. The van der Waals surface area contributed by atoms with E-state index in [-0.39, 0.29) is 23.0 Å². The third-order valence-corrected chi connectivity index (χ3v) is 7.91. The van der Waals surface area contributed by atoms with Crippen LogP contribution in [0.5, 0.6) is 0 Å². The van der Waals surface area contributed by atoms with Gasteiger partial charge in [0.2, 0.25) is 15.9 Å². The number of nitrogens with zero attached hydrogens (tertiary/aromatic N) is 4. The molecule has 2 rings (SSSR count). The Morgan fingerprint density at radius 3 is 2.39 bits per heavy atom. The summed E-state index contributed by atoms with van der Waals surface area (Å²) in [5.41, 5.74) is 2.97. The number of sulfonamides is 1. The number of anilines is 1. The van der Waals surface area contributed by atoms with Crippen LogP contribution in [0, 0.1) is 25.2 Å². The van der Waals surface area contributed by atoms with Crippen LogP contribution in [-0.4, -0.2) is 49.0 Å². The smallest absolute Gasteiger partial charge is 0.244 e. The van der Waals surface area contributed by atoms with E-state index in [1.54, 1.807) is 24.8 Å². The molecule has 0 radical (unpaired) electrons. The highest BCUT2D eigenvalue weighted by Crippen LogP contribution is 2.23. The van der Waals surface area contributed by atoms with Gasteiger partial charge in [-0.15, -0.1) is 0 Å². The van der Waals surface area contributed by atoms with Gasteiger partial charge < -0.3 is 4.90 Å². The maximum absolute atomic E-state index is 12.9. The minimum Gasteiger partial charge on any atom is -0.311 e. The Kier molecular flexibility index (Phi) is 9.04. The highest BCUT2D eigenvalue weighted by atomic mass is 32.2. The number of rotatable bonds is 10. The summed E-state index contributed by atoms with van der Waals surface area (Å²) in [5, 5.41) is 9.52. The highest BCUT2D eigenvalue weighted by molar-refractivity contribution is 7.99. The van der Waals surface area contributed by atoms with E-state index in [0.29, 0.717) is 24.7 Å². The Morgan fingerprint density at radius 2 is 1.84 bits per heavy atom. The number of pyridine rings is 1. The molecule has 1 aromatic carbocycles. The summed E-state index contributed by atoms with van der Waals surface area (Å²) < 4.78 is 26.5. The lowest BCUT2D eigenvalue weighted by atomic mass is 10.1. The van der Waals surface area contributed by atoms with Gasteiger partial charge in [-0.2, -0.15) is 9.57 Å². The molecule has 1 amide bonds. The van der Waals surface area contributed by atoms with Crippen molar-refractivity contribution < 1.29 is 13.2 Å². The zero-order chi connectivity index (χ0) is 23.0. The molecule has 1 aromatic heterocycles. The van der Waals surface area contributed by atoms with Gasteiger partial charge in [-0.05, 0) is 49.2 Å². The molecule has 0 aliphatic rings. The zero-order valence-electron chi connectivity index (χ0n) is 18.3. The number of nitriles is 1. The third kappa shape index (κ3) is 6.29. The summed E-state index contributed by atoms with van der Waals surface area (Å²) in [5.74, 6) is -0.00169. The van der Waals surface area contributed by atoms with Gasteiger partial charge in [0, 0.05) is 31.5 Å². The fourth-order valence-corrected chi connectivity index (χ4v) is 5.11. The van der Waals surface area contributed by atoms with Crippen LogP contribution in [0.3, 0.4) is 0 Å². The highest BCUT2D eigenvalue weighted by Gasteiger charge is 2.22. The molecule has 0 bridgehead atoms. The second-order valence-electron chi connectivity index (χ2n) is 6.93. The number of benzene rings is 1. The quantitative estimate of drug-likeness (QED) is 0.501. The van der Waals surface area contributed by atoms with Gasteiger partial charge >= 0.3 is 0 Å². The first-order chi connectivity index (χ1) is 14.7. The van der Waals surface area contributed by atoms with E-state index in [2.05, 4.69) is 11.1 Å². The Hall–Kier alpha value is -2.41. The summed E-state index contributed by atoms with van der Waals surface area (Å²) in [6.45, 7) is 8.66. The third-order valence-electron chi connectivity index (χ3n) is 4.95. The molecule has 31 heavy (non-hydrogen) atoms. The van der Waals surface area contributed by atoms with E-state index in [4.69, 9.17) is 5.26 Å². The van der Waals surface area contributed by atoms with E-state index in [0.717, 1.165) is 16.8 Å². The number of carbonyl (C=O) groups is 1. The number of thioether (sulfide) groups is 1. The molecule has 2 aromatic rings. The summed E-state index contributed by atoms with van der Waals surface area (Å²) in [6.07, 6.45) is 1.57. The summed E-state index contributed by atoms with van der Waals surface area (Å²) in [4.78, 5) is 18.8. The van der Waals surface area contributed by atoms with Crippen molar-refractivity contribution in [2.75, 3.05) is 30.3 Å². The number of aryl methyl sites for hydroxylation is 2. The lowest BCUT2D eigenvalue weighted by molar-refractivity contribution is -0.116. The van der Waals surface area contributed by atoms with Gasteiger partial charge in [-0.1, -0.05) is 31.7 Å². The Labute approximate surface area is 189 Å². The molecule has 0 saturated carbocycles. The molecular weight excluding hydrogens is 432 g/mol. The first kappa shape index (κ1) is 24.9. The molecule has 0 atom stereocenters. The molecule has 166 valence electrons. The van der Waals surface area contributed by atoms with Crippen LogP contribution in [-0.2, 0) is 14.8 Å². The van der Waals surface area contributed by atoms with Crippen molar-refractivity contribution in [3.8, 4) is 6.07 Å². The monoisotopic (exact) mass is 460 g/mol. The average molecular weight is 461 g/mol. The van der Waals surface area contributed by atoms with Crippen molar-refractivity contribution in [3.63, 3.8) is 0 Å². The molecule has 0 saturated heterocycles. The van der Waals surface area contributed by atoms with Crippen LogP contribution in [0.2, 0.25) is 0 Å². The van der Waals surface area contributed by atoms with Gasteiger partial charge in [0.05, 0.1) is 23.3 Å². The number of hydrogen-bond acceptors (Lipinski definition) is 6. The van der Waals surface area contributed by atoms with Crippen LogP contribution in [0.15, 0.2) is 46.5 Å². The van der Waals surface area contributed by atoms with E-state index >= 15 is 0 Å². The van der Waals surface area contributed by atoms with Gasteiger partial charge in [-0.25, -0.2) is 13.4 Å². The van der Waals surface area contributed by atoms with Crippen molar-refractivity contribution >= 4 is 33.4 Å². The topological polar surface area (TPSA) is 94.4 Å². The number of carbonyl (C=O) groups excluding carboxylic acids is 1. The fourth-order valence-electron chi connectivity index (χ4n) is 2.98. The number of hydrogen-bond donors (Lipinski definition) is 0.